The van der Waals surface area contributed by atoms with Crippen molar-refractivity contribution in [3.63, 3.8) is 0 Å². The second-order valence-electron chi connectivity index (χ2n) is 5.98. The van der Waals surface area contributed by atoms with E-state index in [1.165, 1.54) is 17.8 Å². The zero-order chi connectivity index (χ0) is 19.1. The molecule has 3 rings (SSSR count). The Morgan fingerprint density at radius 2 is 1.78 bits per heavy atom. The van der Waals surface area contributed by atoms with Gasteiger partial charge in [0.2, 0.25) is 0 Å². The highest BCUT2D eigenvalue weighted by Crippen LogP contribution is 2.12. The fourth-order valence-electron chi connectivity index (χ4n) is 2.50. The van der Waals surface area contributed by atoms with Gasteiger partial charge in [-0.1, -0.05) is 25.1 Å². The molecule has 0 unspecified atom stereocenters. The van der Waals surface area contributed by atoms with E-state index in [-0.39, 0.29) is 17.5 Å². The second-order valence-corrected chi connectivity index (χ2v) is 5.98. The van der Waals surface area contributed by atoms with Crippen LogP contribution in [0, 0.1) is 0 Å². The van der Waals surface area contributed by atoms with Gasteiger partial charge in [-0.25, -0.2) is 0 Å². The van der Waals surface area contributed by atoms with Crippen LogP contribution in [0.1, 0.15) is 38.9 Å². The number of rotatable bonds is 6. The molecule has 2 heterocycles. The minimum atomic E-state index is -0.360. The number of nitrogens with zero attached hydrogens (tertiary/aromatic N) is 2. The predicted molar refractivity (Wildman–Crippen MR) is 103 cm³/mol. The lowest BCUT2D eigenvalue weighted by molar-refractivity contribution is 0.0950. The zero-order valence-electron chi connectivity index (χ0n) is 15.0. The molecular formula is C21H20N4O2. The molecule has 0 atom stereocenters. The van der Waals surface area contributed by atoms with Gasteiger partial charge in [-0.15, -0.1) is 0 Å². The molecular weight excluding hydrogens is 340 g/mol. The van der Waals surface area contributed by atoms with Crippen LogP contribution < -0.4 is 10.6 Å². The van der Waals surface area contributed by atoms with Crippen LogP contribution in [0.5, 0.6) is 0 Å². The van der Waals surface area contributed by atoms with Crippen LogP contribution in [0.3, 0.4) is 0 Å². The minimum Gasteiger partial charge on any atom is -0.348 e. The molecule has 0 aliphatic carbocycles. The minimum absolute atomic E-state index is 0.184. The standard InChI is InChI=1S/C21H20N4O2/c1-2-15-5-7-18(8-6-15)25-21(27)19-12-17(9-11-23-19)20(26)24-14-16-4-3-10-22-13-16/h3-13H,2,14H2,1H3,(H,24,26)(H,25,27). The zero-order valence-corrected chi connectivity index (χ0v) is 15.0. The van der Waals surface area contributed by atoms with Gasteiger partial charge >= 0.3 is 0 Å². The molecule has 27 heavy (non-hydrogen) atoms. The Hall–Kier alpha value is -3.54. The van der Waals surface area contributed by atoms with E-state index in [2.05, 4.69) is 27.5 Å². The van der Waals surface area contributed by atoms with E-state index < -0.39 is 0 Å². The van der Waals surface area contributed by atoms with Crippen molar-refractivity contribution >= 4 is 17.5 Å². The number of nitrogens with one attached hydrogen (secondary N) is 2. The third kappa shape index (κ3) is 4.98. The van der Waals surface area contributed by atoms with Crippen LogP contribution >= 0.6 is 0 Å². The van der Waals surface area contributed by atoms with Gasteiger partial charge in [0, 0.05) is 36.4 Å². The summed E-state index contributed by atoms with van der Waals surface area (Å²) in [6.45, 7) is 2.43. The Morgan fingerprint density at radius 1 is 0.963 bits per heavy atom. The van der Waals surface area contributed by atoms with Gasteiger partial charge < -0.3 is 10.6 Å². The van der Waals surface area contributed by atoms with Crippen molar-refractivity contribution in [1.82, 2.24) is 15.3 Å². The molecule has 6 nitrogen and oxygen atoms in total. The first kappa shape index (κ1) is 18.3. The third-order valence-corrected chi connectivity index (χ3v) is 4.05. The summed E-state index contributed by atoms with van der Waals surface area (Å²) in [5.74, 6) is -0.635. The van der Waals surface area contributed by atoms with Gasteiger partial charge in [0.15, 0.2) is 0 Å². The summed E-state index contributed by atoms with van der Waals surface area (Å²) in [5, 5.41) is 5.60. The lowest BCUT2D eigenvalue weighted by atomic mass is 10.1. The summed E-state index contributed by atoms with van der Waals surface area (Å²) >= 11 is 0. The van der Waals surface area contributed by atoms with Gasteiger partial charge in [0.05, 0.1) is 0 Å². The van der Waals surface area contributed by atoms with E-state index in [0.717, 1.165) is 12.0 Å². The normalized spacial score (nSPS) is 10.3. The fraction of sp³-hybridized carbons (Fsp3) is 0.143. The van der Waals surface area contributed by atoms with E-state index in [1.54, 1.807) is 18.5 Å². The van der Waals surface area contributed by atoms with Gasteiger partial charge in [0.25, 0.3) is 11.8 Å². The first-order chi connectivity index (χ1) is 13.2. The molecule has 0 spiro atoms. The molecule has 2 amide bonds. The quantitative estimate of drug-likeness (QED) is 0.707. The van der Waals surface area contributed by atoms with E-state index in [9.17, 15) is 9.59 Å². The molecule has 0 aliphatic rings. The van der Waals surface area contributed by atoms with Crippen molar-refractivity contribution in [2.24, 2.45) is 0 Å². The van der Waals surface area contributed by atoms with Crippen molar-refractivity contribution in [1.29, 1.82) is 0 Å². The first-order valence-electron chi connectivity index (χ1n) is 8.69. The molecule has 6 heteroatoms. The molecule has 3 aromatic rings. The first-order valence-corrected chi connectivity index (χ1v) is 8.69. The van der Waals surface area contributed by atoms with Crippen molar-refractivity contribution < 1.29 is 9.59 Å². The van der Waals surface area contributed by atoms with E-state index in [1.807, 2.05) is 36.4 Å². The summed E-state index contributed by atoms with van der Waals surface area (Å²) in [6.07, 6.45) is 5.75. The number of hydrogen-bond donors (Lipinski definition) is 2. The maximum absolute atomic E-state index is 12.4. The summed E-state index contributed by atoms with van der Waals surface area (Å²) < 4.78 is 0. The Morgan fingerprint density at radius 3 is 2.48 bits per heavy atom. The molecule has 0 bridgehead atoms. The highest BCUT2D eigenvalue weighted by atomic mass is 16.2. The highest BCUT2D eigenvalue weighted by Gasteiger charge is 2.12. The lowest BCUT2D eigenvalue weighted by Crippen LogP contribution is -2.23. The van der Waals surface area contributed by atoms with Crippen LogP contribution in [0.25, 0.3) is 0 Å². The maximum Gasteiger partial charge on any atom is 0.274 e. The second kappa shape index (κ2) is 8.71. The fourth-order valence-corrected chi connectivity index (χ4v) is 2.50. The number of aromatic nitrogens is 2. The monoisotopic (exact) mass is 360 g/mol. The van der Waals surface area contributed by atoms with Gasteiger partial charge in [-0.3, -0.25) is 19.6 Å². The number of hydrogen-bond acceptors (Lipinski definition) is 4. The SMILES string of the molecule is CCc1ccc(NC(=O)c2cc(C(=O)NCc3cccnc3)ccn2)cc1. The Labute approximate surface area is 157 Å². The average Bonchev–Trinajstić information content (AvgIpc) is 2.73. The van der Waals surface area contributed by atoms with E-state index in [4.69, 9.17) is 0 Å². The summed E-state index contributed by atoms with van der Waals surface area (Å²) in [5.41, 5.74) is 3.33. The maximum atomic E-state index is 12.4. The van der Waals surface area contributed by atoms with Crippen LogP contribution in [0.2, 0.25) is 0 Å². The summed E-state index contributed by atoms with van der Waals surface area (Å²) in [4.78, 5) is 32.8. The molecule has 0 aliphatic heterocycles. The number of pyridine rings is 2. The molecule has 0 radical (unpaired) electrons. The molecule has 0 fully saturated rings. The molecule has 1 aromatic carbocycles. The Balaban J connectivity index is 1.64. The number of benzene rings is 1. The Bertz CT molecular complexity index is 924. The van der Waals surface area contributed by atoms with Crippen LogP contribution in [-0.4, -0.2) is 21.8 Å². The van der Waals surface area contributed by atoms with Crippen LogP contribution in [-0.2, 0) is 13.0 Å². The lowest BCUT2D eigenvalue weighted by Gasteiger charge is -2.08. The molecule has 136 valence electrons. The molecule has 0 saturated carbocycles. The van der Waals surface area contributed by atoms with Gasteiger partial charge in [0.1, 0.15) is 5.69 Å². The smallest absolute Gasteiger partial charge is 0.274 e. The average molecular weight is 360 g/mol. The van der Waals surface area contributed by atoms with Crippen LogP contribution in [0.15, 0.2) is 67.1 Å². The van der Waals surface area contributed by atoms with E-state index >= 15 is 0 Å². The number of amides is 2. The number of carbonyl (C=O) groups excluding carboxylic acids is 2. The van der Waals surface area contributed by atoms with Crippen molar-refractivity contribution in [2.75, 3.05) is 5.32 Å². The van der Waals surface area contributed by atoms with E-state index in [0.29, 0.717) is 17.8 Å². The van der Waals surface area contributed by atoms with Gasteiger partial charge in [-0.05, 0) is 47.9 Å². The van der Waals surface area contributed by atoms with Crippen molar-refractivity contribution in [3.8, 4) is 0 Å². The Kier molecular flexibility index (Phi) is 5.89. The number of aryl methyl sites for hydroxylation is 1. The third-order valence-electron chi connectivity index (χ3n) is 4.05. The summed E-state index contributed by atoms with van der Waals surface area (Å²) in [6, 6.07) is 14.4. The van der Waals surface area contributed by atoms with Crippen LogP contribution in [0.4, 0.5) is 5.69 Å². The highest BCUT2D eigenvalue weighted by molar-refractivity contribution is 6.04. The summed E-state index contributed by atoms with van der Waals surface area (Å²) in [7, 11) is 0. The van der Waals surface area contributed by atoms with Crippen molar-refractivity contribution in [3.05, 3.63) is 89.5 Å². The largest absolute Gasteiger partial charge is 0.348 e. The van der Waals surface area contributed by atoms with Gasteiger partial charge in [-0.2, -0.15) is 0 Å². The molecule has 2 N–H and O–H groups in total. The topological polar surface area (TPSA) is 84.0 Å². The number of carbonyl (C=O) groups is 2. The van der Waals surface area contributed by atoms with Crippen molar-refractivity contribution in [2.45, 2.75) is 19.9 Å². The molecule has 2 aromatic heterocycles. The predicted octanol–water partition coefficient (Wildman–Crippen LogP) is 3.22. The number of anilines is 1. The molecule has 0 saturated heterocycles.